The second-order valence-electron chi connectivity index (χ2n) is 4.15. The average Bonchev–Trinajstić information content (AvgIpc) is 2.29. The van der Waals surface area contributed by atoms with E-state index in [0.717, 1.165) is 6.42 Å². The number of carbonyl (C=O) groups is 3. The molecule has 0 aliphatic heterocycles. The summed E-state index contributed by atoms with van der Waals surface area (Å²) in [6.07, 6.45) is 2.20. The first kappa shape index (κ1) is 13.7. The molecule has 1 aliphatic carbocycles. The molecule has 5 heteroatoms. The molecule has 1 aliphatic rings. The highest BCUT2D eigenvalue weighted by Crippen LogP contribution is 2.29. The summed E-state index contributed by atoms with van der Waals surface area (Å²) in [5, 5.41) is 0. The molecule has 0 amide bonds. The minimum absolute atomic E-state index is 0.0967. The van der Waals surface area contributed by atoms with Crippen LogP contribution in [0.5, 0.6) is 0 Å². The van der Waals surface area contributed by atoms with Gasteiger partial charge in [0.2, 0.25) is 0 Å². The molecule has 0 spiro atoms. The van der Waals surface area contributed by atoms with Crippen LogP contribution in [0.2, 0.25) is 0 Å². The van der Waals surface area contributed by atoms with Gasteiger partial charge in [-0.2, -0.15) is 0 Å². The van der Waals surface area contributed by atoms with Gasteiger partial charge in [0.1, 0.15) is 5.78 Å². The summed E-state index contributed by atoms with van der Waals surface area (Å²) < 4.78 is 9.48. The van der Waals surface area contributed by atoms with E-state index in [2.05, 4.69) is 4.74 Å². The predicted molar refractivity (Wildman–Crippen MR) is 59.1 cm³/mol. The molecule has 0 N–H and O–H groups in total. The van der Waals surface area contributed by atoms with Gasteiger partial charge >= 0.3 is 11.9 Å². The van der Waals surface area contributed by atoms with E-state index in [0.29, 0.717) is 12.8 Å². The molecule has 0 bridgehead atoms. The SMILES string of the molecule is CCOC(=O)C(C(=O)OC)C1CCCC(=O)C1. The second-order valence-corrected chi connectivity index (χ2v) is 4.15. The van der Waals surface area contributed by atoms with Crippen LogP contribution in [-0.2, 0) is 23.9 Å². The summed E-state index contributed by atoms with van der Waals surface area (Å²) >= 11 is 0. The van der Waals surface area contributed by atoms with E-state index in [4.69, 9.17) is 4.74 Å². The highest BCUT2D eigenvalue weighted by molar-refractivity contribution is 5.96. The number of esters is 2. The lowest BCUT2D eigenvalue weighted by atomic mass is 9.79. The topological polar surface area (TPSA) is 69.7 Å². The van der Waals surface area contributed by atoms with Crippen molar-refractivity contribution in [1.29, 1.82) is 0 Å². The number of rotatable bonds is 4. The Bertz CT molecular complexity index is 310. The minimum Gasteiger partial charge on any atom is -0.468 e. The quantitative estimate of drug-likeness (QED) is 0.545. The van der Waals surface area contributed by atoms with Crippen LogP contribution in [0, 0.1) is 11.8 Å². The fourth-order valence-electron chi connectivity index (χ4n) is 2.18. The highest BCUT2D eigenvalue weighted by atomic mass is 16.5. The van der Waals surface area contributed by atoms with Crippen molar-refractivity contribution in [1.82, 2.24) is 0 Å². The second kappa shape index (κ2) is 6.37. The summed E-state index contributed by atoms with van der Waals surface area (Å²) in [6.45, 7) is 1.89. The molecule has 1 saturated carbocycles. The Morgan fingerprint density at radius 2 is 2.12 bits per heavy atom. The smallest absolute Gasteiger partial charge is 0.320 e. The van der Waals surface area contributed by atoms with E-state index in [1.54, 1.807) is 6.92 Å². The van der Waals surface area contributed by atoms with E-state index < -0.39 is 17.9 Å². The molecular weight excluding hydrogens is 224 g/mol. The van der Waals surface area contributed by atoms with Gasteiger partial charge in [0, 0.05) is 12.8 Å². The lowest BCUT2D eigenvalue weighted by Crippen LogP contribution is -2.36. The van der Waals surface area contributed by atoms with Crippen molar-refractivity contribution in [3.8, 4) is 0 Å². The standard InChI is InChI=1S/C12H18O5/c1-3-17-12(15)10(11(14)16-2)8-5-4-6-9(13)7-8/h8,10H,3-7H2,1-2H3. The number of ether oxygens (including phenoxy) is 2. The minimum atomic E-state index is -0.954. The van der Waals surface area contributed by atoms with Crippen molar-refractivity contribution in [2.24, 2.45) is 11.8 Å². The van der Waals surface area contributed by atoms with Crippen molar-refractivity contribution in [2.45, 2.75) is 32.6 Å². The number of methoxy groups -OCH3 is 1. The molecule has 1 fully saturated rings. The van der Waals surface area contributed by atoms with Crippen molar-refractivity contribution < 1.29 is 23.9 Å². The summed E-state index contributed by atoms with van der Waals surface area (Å²) in [5.41, 5.74) is 0. The molecule has 5 nitrogen and oxygen atoms in total. The molecule has 0 aromatic rings. The van der Waals surface area contributed by atoms with Crippen LogP contribution in [0.1, 0.15) is 32.6 Å². The van der Waals surface area contributed by atoms with Crippen LogP contribution in [0.15, 0.2) is 0 Å². The van der Waals surface area contributed by atoms with Gasteiger partial charge in [-0.25, -0.2) is 0 Å². The van der Waals surface area contributed by atoms with Crippen molar-refractivity contribution >= 4 is 17.7 Å². The number of carbonyl (C=O) groups excluding carboxylic acids is 3. The van der Waals surface area contributed by atoms with Gasteiger partial charge in [-0.15, -0.1) is 0 Å². The zero-order valence-electron chi connectivity index (χ0n) is 10.2. The van der Waals surface area contributed by atoms with Crippen LogP contribution < -0.4 is 0 Å². The first-order valence-electron chi connectivity index (χ1n) is 5.86. The molecule has 0 radical (unpaired) electrons. The lowest BCUT2D eigenvalue weighted by molar-refractivity contribution is -0.163. The predicted octanol–water partition coefficient (Wildman–Crippen LogP) is 1.10. The number of ketones is 1. The Morgan fingerprint density at radius 3 is 2.65 bits per heavy atom. The number of Topliss-reactive ketones (excluding diaryl/α,β-unsaturated/α-hetero) is 1. The maximum atomic E-state index is 11.7. The molecular formula is C12H18O5. The Kier molecular flexibility index (Phi) is 5.12. The van der Waals surface area contributed by atoms with Crippen molar-refractivity contribution in [3.63, 3.8) is 0 Å². The molecule has 0 aromatic carbocycles. The summed E-state index contributed by atoms with van der Waals surface area (Å²) in [4.78, 5) is 34.7. The molecule has 0 aromatic heterocycles. The molecule has 0 saturated heterocycles. The molecule has 2 atom stereocenters. The van der Waals surface area contributed by atoms with E-state index in [9.17, 15) is 14.4 Å². The average molecular weight is 242 g/mol. The largest absolute Gasteiger partial charge is 0.468 e. The third-order valence-corrected chi connectivity index (χ3v) is 2.99. The van der Waals surface area contributed by atoms with Crippen LogP contribution in [0.25, 0.3) is 0 Å². The molecule has 1 rings (SSSR count). The maximum Gasteiger partial charge on any atom is 0.320 e. The summed E-state index contributed by atoms with van der Waals surface area (Å²) in [7, 11) is 1.24. The number of hydrogen-bond acceptors (Lipinski definition) is 5. The lowest BCUT2D eigenvalue weighted by Gasteiger charge is -2.26. The monoisotopic (exact) mass is 242 g/mol. The van der Waals surface area contributed by atoms with Gasteiger partial charge in [0.05, 0.1) is 13.7 Å². The van der Waals surface area contributed by atoms with Crippen LogP contribution in [-0.4, -0.2) is 31.4 Å². The molecule has 0 heterocycles. The van der Waals surface area contributed by atoms with Gasteiger partial charge in [-0.1, -0.05) is 0 Å². The fourth-order valence-corrected chi connectivity index (χ4v) is 2.18. The maximum absolute atomic E-state index is 11.7. The third kappa shape index (κ3) is 3.54. The molecule has 2 unspecified atom stereocenters. The van der Waals surface area contributed by atoms with Crippen LogP contribution >= 0.6 is 0 Å². The van der Waals surface area contributed by atoms with Crippen molar-refractivity contribution in [3.05, 3.63) is 0 Å². The van der Waals surface area contributed by atoms with Crippen LogP contribution in [0.3, 0.4) is 0 Å². The van der Waals surface area contributed by atoms with Crippen LogP contribution in [0.4, 0.5) is 0 Å². The van der Waals surface area contributed by atoms with Gasteiger partial charge in [0.25, 0.3) is 0 Å². The Balaban J connectivity index is 2.77. The first-order valence-corrected chi connectivity index (χ1v) is 5.86. The third-order valence-electron chi connectivity index (χ3n) is 2.99. The fraction of sp³-hybridized carbons (Fsp3) is 0.750. The zero-order valence-corrected chi connectivity index (χ0v) is 10.2. The zero-order chi connectivity index (χ0) is 12.8. The van der Waals surface area contributed by atoms with E-state index >= 15 is 0 Å². The van der Waals surface area contributed by atoms with Crippen molar-refractivity contribution in [2.75, 3.05) is 13.7 Å². The van der Waals surface area contributed by atoms with E-state index in [-0.39, 0.29) is 24.7 Å². The molecule has 96 valence electrons. The highest BCUT2D eigenvalue weighted by Gasteiger charge is 2.39. The summed E-state index contributed by atoms with van der Waals surface area (Å²) in [6, 6.07) is 0. The van der Waals surface area contributed by atoms with Gasteiger partial charge < -0.3 is 9.47 Å². The molecule has 17 heavy (non-hydrogen) atoms. The Hall–Kier alpha value is -1.39. The normalized spacial score (nSPS) is 21.8. The van der Waals surface area contributed by atoms with E-state index in [1.807, 2.05) is 0 Å². The Labute approximate surface area is 100 Å². The van der Waals surface area contributed by atoms with E-state index in [1.165, 1.54) is 7.11 Å². The van der Waals surface area contributed by atoms with Gasteiger partial charge in [0.15, 0.2) is 5.92 Å². The van der Waals surface area contributed by atoms with Gasteiger partial charge in [-0.3, -0.25) is 14.4 Å². The summed E-state index contributed by atoms with van der Waals surface area (Å²) in [5.74, 6) is -2.33. The van der Waals surface area contributed by atoms with Gasteiger partial charge in [-0.05, 0) is 25.7 Å². The first-order chi connectivity index (χ1) is 8.10. The Morgan fingerprint density at radius 1 is 1.41 bits per heavy atom. The number of hydrogen-bond donors (Lipinski definition) is 0.